The second-order valence-corrected chi connectivity index (χ2v) is 8.62. The van der Waals surface area contributed by atoms with Gasteiger partial charge in [-0.15, -0.1) is 23.7 Å². The summed E-state index contributed by atoms with van der Waals surface area (Å²) in [5, 5.41) is 5.49. The highest BCUT2D eigenvalue weighted by atomic mass is 35.5. The summed E-state index contributed by atoms with van der Waals surface area (Å²) in [5.41, 5.74) is 2.80. The van der Waals surface area contributed by atoms with E-state index in [0.29, 0.717) is 28.6 Å². The molecule has 3 heterocycles. The first-order valence-electron chi connectivity index (χ1n) is 9.77. The van der Waals surface area contributed by atoms with Gasteiger partial charge in [0.1, 0.15) is 10.4 Å². The molecule has 1 aliphatic carbocycles. The van der Waals surface area contributed by atoms with Crippen LogP contribution in [0.25, 0.3) is 10.2 Å². The molecule has 0 amide bonds. The average molecular weight is 434 g/mol. The third-order valence-electron chi connectivity index (χ3n) is 6.35. The Morgan fingerprint density at radius 2 is 2.14 bits per heavy atom. The fourth-order valence-corrected chi connectivity index (χ4v) is 5.84. The SMILES string of the molecule is COc1cccc2c1CCC1CNC(CCn3c(=O)[nH]c4ccsc4c3=O)C21.Cl. The predicted molar refractivity (Wildman–Crippen MR) is 118 cm³/mol. The molecular formula is C21H24ClN3O3S. The summed E-state index contributed by atoms with van der Waals surface area (Å²) in [4.78, 5) is 27.9. The van der Waals surface area contributed by atoms with Crippen molar-refractivity contribution >= 4 is 34.0 Å². The smallest absolute Gasteiger partial charge is 0.328 e. The number of benzene rings is 1. The Bertz CT molecular complexity index is 1150. The molecule has 1 aliphatic heterocycles. The summed E-state index contributed by atoms with van der Waals surface area (Å²) in [6.07, 6.45) is 2.93. The van der Waals surface area contributed by atoms with E-state index in [-0.39, 0.29) is 29.7 Å². The second-order valence-electron chi connectivity index (χ2n) is 7.71. The van der Waals surface area contributed by atoms with E-state index in [1.54, 1.807) is 13.2 Å². The van der Waals surface area contributed by atoms with Crippen LogP contribution in [-0.4, -0.2) is 29.2 Å². The number of aromatic nitrogens is 2. The summed E-state index contributed by atoms with van der Waals surface area (Å²) >= 11 is 1.37. The summed E-state index contributed by atoms with van der Waals surface area (Å²) < 4.78 is 7.55. The van der Waals surface area contributed by atoms with Crippen molar-refractivity contribution in [3.8, 4) is 5.75 Å². The molecule has 1 aromatic carbocycles. The molecule has 0 bridgehead atoms. The van der Waals surface area contributed by atoms with Crippen molar-refractivity contribution < 1.29 is 4.74 Å². The van der Waals surface area contributed by atoms with Crippen LogP contribution in [0.1, 0.15) is 29.9 Å². The topological polar surface area (TPSA) is 76.1 Å². The van der Waals surface area contributed by atoms with Crippen molar-refractivity contribution in [3.05, 3.63) is 61.6 Å². The Morgan fingerprint density at radius 3 is 2.97 bits per heavy atom. The Kier molecular flexibility index (Phi) is 5.55. The molecule has 5 rings (SSSR count). The number of aromatic amines is 1. The molecule has 0 saturated carbocycles. The standard InChI is InChI=1S/C21H23N3O3S.ClH/c1-27-17-4-2-3-14-13(17)6-5-12-11-22-15(18(12)14)7-9-24-20(25)19-16(8-10-28-19)23-21(24)26;/h2-4,8,10,12,15,18,22H,5-7,9,11H2,1H3,(H,23,26);1H. The number of fused-ring (bicyclic) bond motifs is 4. The third kappa shape index (κ3) is 3.31. The molecule has 2 aliphatic rings. The van der Waals surface area contributed by atoms with Crippen LogP contribution in [0, 0.1) is 5.92 Å². The first-order chi connectivity index (χ1) is 13.7. The lowest BCUT2D eigenvalue weighted by molar-refractivity contribution is 0.371. The zero-order valence-corrected chi connectivity index (χ0v) is 17.8. The van der Waals surface area contributed by atoms with Gasteiger partial charge in [0.2, 0.25) is 0 Å². The zero-order valence-electron chi connectivity index (χ0n) is 16.1. The monoisotopic (exact) mass is 433 g/mol. The lowest BCUT2D eigenvalue weighted by Crippen LogP contribution is -2.37. The number of thiophene rings is 1. The minimum Gasteiger partial charge on any atom is -0.496 e. The molecule has 0 radical (unpaired) electrons. The quantitative estimate of drug-likeness (QED) is 0.663. The van der Waals surface area contributed by atoms with Crippen LogP contribution < -0.4 is 21.3 Å². The fourth-order valence-electron chi connectivity index (χ4n) is 5.04. The number of H-pyrrole nitrogens is 1. The number of hydrogen-bond acceptors (Lipinski definition) is 5. The number of nitrogens with zero attached hydrogens (tertiary/aromatic N) is 1. The van der Waals surface area contributed by atoms with Crippen molar-refractivity contribution in [2.24, 2.45) is 5.92 Å². The van der Waals surface area contributed by atoms with E-state index in [1.165, 1.54) is 27.0 Å². The number of halogens is 1. The molecule has 0 spiro atoms. The molecule has 154 valence electrons. The highest BCUT2D eigenvalue weighted by Gasteiger charge is 2.40. The van der Waals surface area contributed by atoms with Crippen molar-refractivity contribution in [2.45, 2.75) is 37.8 Å². The molecule has 3 atom stereocenters. The summed E-state index contributed by atoms with van der Waals surface area (Å²) in [5.74, 6) is 1.97. The maximum absolute atomic E-state index is 12.7. The molecule has 2 aromatic heterocycles. The number of hydrogen-bond donors (Lipinski definition) is 2. The first kappa shape index (κ1) is 20.2. The van der Waals surface area contributed by atoms with Gasteiger partial charge in [-0.25, -0.2) is 4.79 Å². The van der Waals surface area contributed by atoms with E-state index in [2.05, 4.69) is 22.4 Å². The van der Waals surface area contributed by atoms with Crippen LogP contribution >= 0.6 is 23.7 Å². The van der Waals surface area contributed by atoms with Crippen LogP contribution in [0.3, 0.4) is 0 Å². The predicted octanol–water partition coefficient (Wildman–Crippen LogP) is 2.89. The van der Waals surface area contributed by atoms with E-state index >= 15 is 0 Å². The normalized spacial score (nSPS) is 22.7. The number of nitrogens with one attached hydrogen (secondary N) is 2. The van der Waals surface area contributed by atoms with E-state index in [9.17, 15) is 9.59 Å². The third-order valence-corrected chi connectivity index (χ3v) is 7.25. The van der Waals surface area contributed by atoms with Gasteiger partial charge in [-0.1, -0.05) is 12.1 Å². The van der Waals surface area contributed by atoms with Crippen molar-refractivity contribution in [1.29, 1.82) is 0 Å². The maximum atomic E-state index is 12.7. The van der Waals surface area contributed by atoms with Gasteiger partial charge in [-0.3, -0.25) is 9.36 Å². The number of methoxy groups -OCH3 is 1. The largest absolute Gasteiger partial charge is 0.496 e. The van der Waals surface area contributed by atoms with Gasteiger partial charge >= 0.3 is 5.69 Å². The Labute approximate surface area is 178 Å². The Balaban J connectivity index is 0.00000205. The van der Waals surface area contributed by atoms with Gasteiger partial charge in [-0.2, -0.15) is 0 Å². The molecule has 1 saturated heterocycles. The van der Waals surface area contributed by atoms with Crippen LogP contribution in [-0.2, 0) is 13.0 Å². The van der Waals surface area contributed by atoms with Crippen LogP contribution in [0.5, 0.6) is 5.75 Å². The molecule has 29 heavy (non-hydrogen) atoms. The molecule has 3 unspecified atom stereocenters. The highest BCUT2D eigenvalue weighted by Crippen LogP contribution is 2.45. The molecule has 2 N–H and O–H groups in total. The summed E-state index contributed by atoms with van der Waals surface area (Å²) in [6, 6.07) is 8.34. The average Bonchev–Trinajstić information content (AvgIpc) is 3.34. The van der Waals surface area contributed by atoms with E-state index < -0.39 is 0 Å². The molecular weight excluding hydrogens is 410 g/mol. The first-order valence-corrected chi connectivity index (χ1v) is 10.6. The molecule has 8 heteroatoms. The van der Waals surface area contributed by atoms with Crippen molar-refractivity contribution in [3.63, 3.8) is 0 Å². The highest BCUT2D eigenvalue weighted by molar-refractivity contribution is 7.17. The molecule has 6 nitrogen and oxygen atoms in total. The summed E-state index contributed by atoms with van der Waals surface area (Å²) in [6.45, 7) is 1.41. The van der Waals surface area contributed by atoms with Gasteiger partial charge in [0.05, 0.1) is 12.6 Å². The lowest BCUT2D eigenvalue weighted by atomic mass is 9.73. The van der Waals surface area contributed by atoms with E-state index in [4.69, 9.17) is 4.74 Å². The number of ether oxygens (including phenoxy) is 1. The van der Waals surface area contributed by atoms with Crippen LogP contribution in [0.2, 0.25) is 0 Å². The minimum absolute atomic E-state index is 0. The van der Waals surface area contributed by atoms with Crippen molar-refractivity contribution in [1.82, 2.24) is 14.9 Å². The summed E-state index contributed by atoms with van der Waals surface area (Å²) in [7, 11) is 1.73. The van der Waals surface area contributed by atoms with Gasteiger partial charge in [0.15, 0.2) is 0 Å². The van der Waals surface area contributed by atoms with Crippen LogP contribution in [0.15, 0.2) is 39.2 Å². The minimum atomic E-state index is -0.323. The van der Waals surface area contributed by atoms with Crippen LogP contribution in [0.4, 0.5) is 0 Å². The molecule has 3 aromatic rings. The fraction of sp³-hybridized carbons (Fsp3) is 0.429. The Morgan fingerprint density at radius 1 is 1.28 bits per heavy atom. The maximum Gasteiger partial charge on any atom is 0.328 e. The zero-order chi connectivity index (χ0) is 19.3. The van der Waals surface area contributed by atoms with Crippen molar-refractivity contribution in [2.75, 3.05) is 13.7 Å². The van der Waals surface area contributed by atoms with Gasteiger partial charge < -0.3 is 15.0 Å². The van der Waals surface area contributed by atoms with Gasteiger partial charge in [0.25, 0.3) is 5.56 Å². The van der Waals surface area contributed by atoms with E-state index in [0.717, 1.165) is 31.6 Å². The number of rotatable bonds is 4. The molecule has 1 fully saturated rings. The van der Waals surface area contributed by atoms with Gasteiger partial charge in [0, 0.05) is 18.5 Å². The van der Waals surface area contributed by atoms with Gasteiger partial charge in [-0.05, 0) is 60.4 Å². The Hall–Kier alpha value is -2.09. The van der Waals surface area contributed by atoms with E-state index in [1.807, 2.05) is 11.4 Å². The second kappa shape index (κ2) is 7.97. The lowest BCUT2D eigenvalue weighted by Gasteiger charge is -2.32.